The summed E-state index contributed by atoms with van der Waals surface area (Å²) in [5.74, 6) is 1.29. The molecule has 0 radical (unpaired) electrons. The van der Waals surface area contributed by atoms with Crippen LogP contribution in [0.3, 0.4) is 0 Å². The van der Waals surface area contributed by atoms with Gasteiger partial charge >= 0.3 is 6.03 Å². The van der Waals surface area contributed by atoms with Crippen molar-refractivity contribution in [1.82, 2.24) is 10.6 Å². The first-order chi connectivity index (χ1) is 10.1. The number of nitrogens with one attached hydrogen (secondary N) is 2. The molecule has 114 valence electrons. The molecule has 6 heteroatoms. The van der Waals surface area contributed by atoms with Crippen LogP contribution in [0.5, 0.6) is 0 Å². The third kappa shape index (κ3) is 4.39. The molecule has 2 amide bonds. The van der Waals surface area contributed by atoms with Gasteiger partial charge in [0.1, 0.15) is 17.6 Å². The molecule has 2 heterocycles. The van der Waals surface area contributed by atoms with E-state index in [4.69, 9.17) is 8.83 Å². The minimum Gasteiger partial charge on any atom is -0.469 e. The summed E-state index contributed by atoms with van der Waals surface area (Å²) in [7, 11) is 0. The van der Waals surface area contributed by atoms with Crippen LogP contribution < -0.4 is 10.6 Å². The van der Waals surface area contributed by atoms with Gasteiger partial charge in [0.15, 0.2) is 0 Å². The molecule has 0 fully saturated rings. The fraction of sp³-hybridized carbons (Fsp3) is 0.400. The molecule has 2 unspecified atom stereocenters. The summed E-state index contributed by atoms with van der Waals surface area (Å²) in [4.78, 5) is 11.8. The van der Waals surface area contributed by atoms with E-state index in [1.54, 1.807) is 18.4 Å². The van der Waals surface area contributed by atoms with Gasteiger partial charge in [-0.05, 0) is 32.0 Å². The smallest absolute Gasteiger partial charge is 0.315 e. The molecule has 6 nitrogen and oxygen atoms in total. The van der Waals surface area contributed by atoms with Gasteiger partial charge < -0.3 is 24.6 Å². The molecule has 0 spiro atoms. The third-order valence-corrected chi connectivity index (χ3v) is 3.23. The predicted octanol–water partition coefficient (Wildman–Crippen LogP) is 2.49. The fourth-order valence-electron chi connectivity index (χ4n) is 2.04. The molecule has 0 saturated carbocycles. The van der Waals surface area contributed by atoms with Crippen LogP contribution >= 0.6 is 0 Å². The molecule has 21 heavy (non-hydrogen) atoms. The van der Waals surface area contributed by atoms with E-state index in [1.165, 1.54) is 6.26 Å². The van der Waals surface area contributed by atoms with Crippen LogP contribution in [0.25, 0.3) is 0 Å². The number of hydrogen-bond donors (Lipinski definition) is 3. The van der Waals surface area contributed by atoms with E-state index in [1.807, 2.05) is 19.9 Å². The average Bonchev–Trinajstić information content (AvgIpc) is 3.07. The number of aryl methyl sites for hydroxylation is 1. The Morgan fingerprint density at radius 2 is 2.14 bits per heavy atom. The van der Waals surface area contributed by atoms with Gasteiger partial charge in [0.2, 0.25) is 0 Å². The van der Waals surface area contributed by atoms with E-state index >= 15 is 0 Å². The highest BCUT2D eigenvalue weighted by atomic mass is 16.4. The fourth-order valence-corrected chi connectivity index (χ4v) is 2.04. The summed E-state index contributed by atoms with van der Waals surface area (Å²) in [5, 5.41) is 15.5. The number of aliphatic hydroxyl groups excluding tert-OH is 1. The minimum atomic E-state index is -0.730. The molecular formula is C15H20N2O4. The van der Waals surface area contributed by atoms with E-state index in [0.29, 0.717) is 18.7 Å². The van der Waals surface area contributed by atoms with Crippen molar-refractivity contribution in [3.8, 4) is 0 Å². The number of hydrogen-bond acceptors (Lipinski definition) is 4. The van der Waals surface area contributed by atoms with Crippen molar-refractivity contribution in [3.05, 3.63) is 47.8 Å². The number of carbonyl (C=O) groups is 1. The summed E-state index contributed by atoms with van der Waals surface area (Å²) in [6, 6.07) is 4.78. The SMILES string of the molecule is Cc1occc1CNC(=O)NC(C)CC(O)c1ccco1. The van der Waals surface area contributed by atoms with Gasteiger partial charge in [-0.1, -0.05) is 0 Å². The Morgan fingerprint density at radius 1 is 1.33 bits per heavy atom. The zero-order valence-electron chi connectivity index (χ0n) is 12.1. The third-order valence-electron chi connectivity index (χ3n) is 3.23. The quantitative estimate of drug-likeness (QED) is 0.763. The summed E-state index contributed by atoms with van der Waals surface area (Å²) in [5.41, 5.74) is 0.938. The van der Waals surface area contributed by atoms with E-state index < -0.39 is 6.10 Å². The first-order valence-corrected chi connectivity index (χ1v) is 6.85. The Morgan fingerprint density at radius 3 is 2.76 bits per heavy atom. The summed E-state index contributed by atoms with van der Waals surface area (Å²) in [6.45, 7) is 4.08. The van der Waals surface area contributed by atoms with Crippen molar-refractivity contribution in [2.75, 3.05) is 0 Å². The second kappa shape index (κ2) is 6.99. The first-order valence-electron chi connectivity index (χ1n) is 6.85. The molecule has 0 aromatic carbocycles. The average molecular weight is 292 g/mol. The van der Waals surface area contributed by atoms with Gasteiger partial charge in [0.05, 0.1) is 12.5 Å². The first kappa shape index (κ1) is 15.2. The van der Waals surface area contributed by atoms with Gasteiger partial charge in [-0.15, -0.1) is 0 Å². The molecular weight excluding hydrogens is 272 g/mol. The largest absolute Gasteiger partial charge is 0.469 e. The van der Waals surface area contributed by atoms with Crippen molar-refractivity contribution in [1.29, 1.82) is 0 Å². The van der Waals surface area contributed by atoms with Crippen LogP contribution in [0.15, 0.2) is 39.6 Å². The van der Waals surface area contributed by atoms with Gasteiger partial charge in [0.25, 0.3) is 0 Å². The molecule has 3 N–H and O–H groups in total. The Balaban J connectivity index is 1.73. The second-order valence-electron chi connectivity index (χ2n) is 5.00. The van der Waals surface area contributed by atoms with Crippen LogP contribution in [0, 0.1) is 6.92 Å². The molecule has 0 bridgehead atoms. The molecule has 2 atom stereocenters. The zero-order valence-corrected chi connectivity index (χ0v) is 12.1. The van der Waals surface area contributed by atoms with Crippen LogP contribution in [-0.2, 0) is 6.54 Å². The van der Waals surface area contributed by atoms with Crippen LogP contribution in [0.4, 0.5) is 4.79 Å². The Labute approximate surface area is 123 Å². The van der Waals surface area contributed by atoms with Crippen LogP contribution in [0.1, 0.15) is 36.5 Å². The number of rotatable bonds is 6. The maximum atomic E-state index is 11.8. The van der Waals surface area contributed by atoms with E-state index in [-0.39, 0.29) is 12.1 Å². The maximum Gasteiger partial charge on any atom is 0.315 e. The highest BCUT2D eigenvalue weighted by molar-refractivity contribution is 5.74. The number of urea groups is 1. The van der Waals surface area contributed by atoms with E-state index in [0.717, 1.165) is 11.3 Å². The number of amides is 2. The highest BCUT2D eigenvalue weighted by Gasteiger charge is 2.16. The molecule has 0 aliphatic carbocycles. The van der Waals surface area contributed by atoms with Crippen molar-refractivity contribution in [2.24, 2.45) is 0 Å². The number of furan rings is 2. The lowest BCUT2D eigenvalue weighted by atomic mass is 10.1. The Kier molecular flexibility index (Phi) is 5.05. The van der Waals surface area contributed by atoms with Gasteiger partial charge in [0, 0.05) is 24.6 Å². The summed E-state index contributed by atoms with van der Waals surface area (Å²) >= 11 is 0. The highest BCUT2D eigenvalue weighted by Crippen LogP contribution is 2.18. The van der Waals surface area contributed by atoms with Crippen molar-refractivity contribution in [2.45, 2.75) is 39.0 Å². The molecule has 2 aromatic heterocycles. The standard InChI is InChI=1S/C15H20N2O4/c1-10(8-13(18)14-4-3-6-21-14)17-15(19)16-9-12-5-7-20-11(12)2/h3-7,10,13,18H,8-9H2,1-2H3,(H2,16,17,19). The Bertz CT molecular complexity index is 562. The zero-order chi connectivity index (χ0) is 15.2. The lowest BCUT2D eigenvalue weighted by molar-refractivity contribution is 0.129. The minimum absolute atomic E-state index is 0.185. The summed E-state index contributed by atoms with van der Waals surface area (Å²) in [6.07, 6.45) is 2.75. The predicted molar refractivity (Wildman–Crippen MR) is 76.6 cm³/mol. The molecule has 2 aromatic rings. The van der Waals surface area contributed by atoms with Crippen molar-refractivity contribution >= 4 is 6.03 Å². The topological polar surface area (TPSA) is 87.6 Å². The molecule has 0 aliphatic rings. The monoisotopic (exact) mass is 292 g/mol. The Hall–Kier alpha value is -2.21. The lowest BCUT2D eigenvalue weighted by Gasteiger charge is -2.17. The van der Waals surface area contributed by atoms with E-state index in [2.05, 4.69) is 10.6 Å². The normalized spacial score (nSPS) is 13.7. The van der Waals surface area contributed by atoms with Crippen molar-refractivity contribution in [3.63, 3.8) is 0 Å². The van der Waals surface area contributed by atoms with Gasteiger partial charge in [-0.3, -0.25) is 0 Å². The number of aliphatic hydroxyl groups is 1. The molecule has 0 saturated heterocycles. The lowest BCUT2D eigenvalue weighted by Crippen LogP contribution is -2.41. The van der Waals surface area contributed by atoms with Crippen LogP contribution in [-0.4, -0.2) is 17.2 Å². The maximum absolute atomic E-state index is 11.8. The number of carbonyl (C=O) groups excluding carboxylic acids is 1. The van der Waals surface area contributed by atoms with Crippen molar-refractivity contribution < 1.29 is 18.7 Å². The summed E-state index contributed by atoms with van der Waals surface area (Å²) < 4.78 is 10.3. The van der Waals surface area contributed by atoms with Crippen LogP contribution in [0.2, 0.25) is 0 Å². The van der Waals surface area contributed by atoms with E-state index in [9.17, 15) is 9.90 Å². The van der Waals surface area contributed by atoms with Gasteiger partial charge in [-0.25, -0.2) is 4.79 Å². The van der Waals surface area contributed by atoms with Gasteiger partial charge in [-0.2, -0.15) is 0 Å². The molecule has 2 rings (SSSR count). The second-order valence-corrected chi connectivity index (χ2v) is 5.00. The molecule has 0 aliphatic heterocycles.